The summed E-state index contributed by atoms with van der Waals surface area (Å²) in [5.41, 5.74) is 2.05. The average Bonchev–Trinajstić information content (AvgIpc) is 2.70. The van der Waals surface area contributed by atoms with Crippen LogP contribution in [0.5, 0.6) is 0 Å². The minimum absolute atomic E-state index is 0.100. The lowest BCUT2D eigenvalue weighted by Gasteiger charge is -2.29. The summed E-state index contributed by atoms with van der Waals surface area (Å²) in [5.74, 6) is 0.0484. The number of carbonyl (C=O) groups is 1. The second-order valence-electron chi connectivity index (χ2n) is 6.97. The Labute approximate surface area is 171 Å². The molecule has 1 amide bonds. The lowest BCUT2D eigenvalue weighted by atomic mass is 9.97. The molecule has 0 bridgehead atoms. The van der Waals surface area contributed by atoms with E-state index in [4.69, 9.17) is 0 Å². The Morgan fingerprint density at radius 1 is 1.29 bits per heavy atom. The molecule has 0 spiro atoms. The molecular formula is C20H27N3O3S2. The summed E-state index contributed by atoms with van der Waals surface area (Å²) in [6, 6.07) is 6.88. The Balaban J connectivity index is 1.60. The summed E-state index contributed by atoms with van der Waals surface area (Å²) in [6.45, 7) is 3.30. The molecule has 0 saturated heterocycles. The van der Waals surface area contributed by atoms with E-state index >= 15 is 0 Å². The predicted molar refractivity (Wildman–Crippen MR) is 115 cm³/mol. The zero-order valence-electron chi connectivity index (χ0n) is 16.2. The van der Waals surface area contributed by atoms with Crippen LogP contribution >= 0.6 is 11.8 Å². The van der Waals surface area contributed by atoms with E-state index in [0.29, 0.717) is 23.9 Å². The van der Waals surface area contributed by atoms with E-state index in [2.05, 4.69) is 15.8 Å². The van der Waals surface area contributed by atoms with E-state index in [0.717, 1.165) is 25.7 Å². The fourth-order valence-corrected chi connectivity index (χ4v) is 5.73. The van der Waals surface area contributed by atoms with Crippen molar-refractivity contribution in [2.45, 2.75) is 50.3 Å². The summed E-state index contributed by atoms with van der Waals surface area (Å²) in [6.07, 6.45) is 8.78. The van der Waals surface area contributed by atoms with Gasteiger partial charge >= 0.3 is 0 Å². The summed E-state index contributed by atoms with van der Waals surface area (Å²) in [5, 5.41) is 3.30. The summed E-state index contributed by atoms with van der Waals surface area (Å²) >= 11 is 1.18. The van der Waals surface area contributed by atoms with Gasteiger partial charge in [-0.25, -0.2) is 0 Å². The first-order chi connectivity index (χ1) is 13.5. The van der Waals surface area contributed by atoms with Crippen LogP contribution in [-0.2, 0) is 14.8 Å². The van der Waals surface area contributed by atoms with Crippen molar-refractivity contribution >= 4 is 38.5 Å². The van der Waals surface area contributed by atoms with Crippen LogP contribution in [0, 0.1) is 0 Å². The number of rotatable bonds is 7. The SMILES string of the molecule is CCCN1C(SCC(=O)NCCC2=CCCCC2)=NS(=O)(=O)c2ccccc21. The zero-order chi connectivity index (χ0) is 20.0. The van der Waals surface area contributed by atoms with Crippen molar-refractivity contribution in [1.82, 2.24) is 5.32 Å². The first-order valence-corrected chi connectivity index (χ1v) is 12.2. The van der Waals surface area contributed by atoms with Crippen LogP contribution in [0.2, 0.25) is 0 Å². The van der Waals surface area contributed by atoms with Gasteiger partial charge in [0.25, 0.3) is 10.0 Å². The zero-order valence-corrected chi connectivity index (χ0v) is 17.8. The predicted octanol–water partition coefficient (Wildman–Crippen LogP) is 3.70. The molecule has 0 fully saturated rings. The third kappa shape index (κ3) is 5.17. The number of nitrogens with zero attached hydrogens (tertiary/aromatic N) is 2. The quantitative estimate of drug-likeness (QED) is 0.679. The number of benzene rings is 1. The van der Waals surface area contributed by atoms with Crippen LogP contribution in [0.1, 0.15) is 45.4 Å². The lowest BCUT2D eigenvalue weighted by molar-refractivity contribution is -0.118. The molecule has 0 atom stereocenters. The Kier molecular flexibility index (Phi) is 7.18. The standard InChI is InChI=1S/C20H27N3O3S2/c1-2-14-23-17-10-6-7-11-18(17)28(25,26)22-20(23)27-15-19(24)21-13-12-16-8-4-3-5-9-16/h6-8,10-11H,2-5,9,12-15H2,1H3,(H,21,24). The molecule has 0 radical (unpaired) electrons. The van der Waals surface area contributed by atoms with Crippen molar-refractivity contribution in [1.29, 1.82) is 0 Å². The van der Waals surface area contributed by atoms with Gasteiger partial charge in [0.15, 0.2) is 5.17 Å². The minimum Gasteiger partial charge on any atom is -0.355 e. The summed E-state index contributed by atoms with van der Waals surface area (Å²) < 4.78 is 29.0. The highest BCUT2D eigenvalue weighted by Gasteiger charge is 2.30. The van der Waals surface area contributed by atoms with E-state index in [9.17, 15) is 13.2 Å². The van der Waals surface area contributed by atoms with Crippen molar-refractivity contribution < 1.29 is 13.2 Å². The number of allylic oxidation sites excluding steroid dienone is 1. The van der Waals surface area contributed by atoms with Crippen molar-refractivity contribution in [2.75, 3.05) is 23.7 Å². The molecule has 0 saturated carbocycles. The number of carbonyl (C=O) groups excluding carboxylic acids is 1. The smallest absolute Gasteiger partial charge is 0.286 e. The molecule has 3 rings (SSSR count). The Morgan fingerprint density at radius 3 is 2.86 bits per heavy atom. The van der Waals surface area contributed by atoms with Crippen LogP contribution in [-0.4, -0.2) is 38.3 Å². The largest absolute Gasteiger partial charge is 0.355 e. The molecule has 0 aromatic heterocycles. The fourth-order valence-electron chi connectivity index (χ4n) is 3.42. The topological polar surface area (TPSA) is 78.8 Å². The molecule has 6 nitrogen and oxygen atoms in total. The molecule has 1 N–H and O–H groups in total. The second-order valence-corrected chi connectivity index (χ2v) is 9.48. The molecule has 152 valence electrons. The maximum Gasteiger partial charge on any atom is 0.286 e. The number of hydrogen-bond acceptors (Lipinski definition) is 5. The Morgan fingerprint density at radius 2 is 2.11 bits per heavy atom. The molecule has 2 aliphatic rings. The van der Waals surface area contributed by atoms with Crippen molar-refractivity contribution in [3.63, 3.8) is 0 Å². The van der Waals surface area contributed by atoms with E-state index < -0.39 is 10.0 Å². The van der Waals surface area contributed by atoms with Gasteiger partial charge in [-0.15, -0.1) is 4.40 Å². The third-order valence-electron chi connectivity index (χ3n) is 4.80. The van der Waals surface area contributed by atoms with Crippen molar-refractivity contribution in [3.05, 3.63) is 35.9 Å². The number of amidine groups is 1. The molecule has 1 aromatic rings. The van der Waals surface area contributed by atoms with Gasteiger partial charge in [-0.1, -0.05) is 42.5 Å². The van der Waals surface area contributed by atoms with E-state index in [1.807, 2.05) is 17.9 Å². The number of fused-ring (bicyclic) bond motifs is 1. The summed E-state index contributed by atoms with van der Waals surface area (Å²) in [7, 11) is -3.74. The van der Waals surface area contributed by atoms with Crippen molar-refractivity contribution in [3.8, 4) is 0 Å². The van der Waals surface area contributed by atoms with Gasteiger partial charge in [0.05, 0.1) is 11.4 Å². The van der Waals surface area contributed by atoms with Crippen molar-refractivity contribution in [2.24, 2.45) is 4.40 Å². The number of hydrogen-bond donors (Lipinski definition) is 1. The number of amides is 1. The van der Waals surface area contributed by atoms with Crippen LogP contribution in [0.15, 0.2) is 45.2 Å². The average molecular weight is 422 g/mol. The van der Waals surface area contributed by atoms with Crippen LogP contribution in [0.4, 0.5) is 5.69 Å². The number of sulfonamides is 1. The second kappa shape index (κ2) is 9.60. The molecule has 1 aliphatic carbocycles. The van der Waals surface area contributed by atoms with Gasteiger partial charge in [0.2, 0.25) is 5.91 Å². The molecule has 0 unspecified atom stereocenters. The molecular weight excluding hydrogens is 394 g/mol. The van der Waals surface area contributed by atoms with Gasteiger partial charge in [-0.3, -0.25) is 4.79 Å². The number of nitrogens with one attached hydrogen (secondary N) is 1. The maximum atomic E-state index is 12.5. The minimum atomic E-state index is -3.74. The molecule has 1 aliphatic heterocycles. The van der Waals surface area contributed by atoms with Crippen LogP contribution in [0.25, 0.3) is 0 Å². The highest BCUT2D eigenvalue weighted by atomic mass is 32.2. The van der Waals surface area contributed by atoms with E-state index in [-0.39, 0.29) is 16.6 Å². The van der Waals surface area contributed by atoms with Gasteiger partial charge in [-0.05, 0) is 50.7 Å². The normalized spacial score (nSPS) is 18.1. The van der Waals surface area contributed by atoms with Gasteiger partial charge < -0.3 is 10.2 Å². The van der Waals surface area contributed by atoms with Gasteiger partial charge in [0, 0.05) is 13.1 Å². The number of thioether (sulfide) groups is 1. The summed E-state index contributed by atoms with van der Waals surface area (Å²) in [4.78, 5) is 14.3. The first-order valence-electron chi connectivity index (χ1n) is 9.80. The van der Waals surface area contributed by atoms with E-state index in [1.54, 1.807) is 18.2 Å². The van der Waals surface area contributed by atoms with Gasteiger partial charge in [0.1, 0.15) is 4.90 Å². The molecule has 8 heteroatoms. The fraction of sp³-hybridized carbons (Fsp3) is 0.500. The molecule has 28 heavy (non-hydrogen) atoms. The van der Waals surface area contributed by atoms with E-state index in [1.165, 1.54) is 30.2 Å². The highest BCUT2D eigenvalue weighted by molar-refractivity contribution is 8.15. The van der Waals surface area contributed by atoms with Gasteiger partial charge in [-0.2, -0.15) is 8.42 Å². The van der Waals surface area contributed by atoms with Crippen LogP contribution < -0.4 is 10.2 Å². The maximum absolute atomic E-state index is 12.5. The van der Waals surface area contributed by atoms with Crippen LogP contribution in [0.3, 0.4) is 0 Å². The number of para-hydroxylation sites is 1. The Hall–Kier alpha value is -1.80. The monoisotopic (exact) mass is 421 g/mol. The highest BCUT2D eigenvalue weighted by Crippen LogP contribution is 2.34. The lowest BCUT2D eigenvalue weighted by Crippen LogP contribution is -2.36. The third-order valence-corrected chi connectivity index (χ3v) is 7.20. The molecule has 1 aromatic carbocycles. The molecule has 1 heterocycles. The Bertz CT molecular complexity index is 878. The first kappa shape index (κ1) is 20.9. The number of anilines is 1.